The van der Waals surface area contributed by atoms with Gasteiger partial charge in [-0.25, -0.2) is 0 Å². The lowest BCUT2D eigenvalue weighted by Crippen LogP contribution is -2.29. The number of nitrogens with two attached hydrogens (primary N) is 1. The van der Waals surface area contributed by atoms with Crippen LogP contribution in [0.5, 0.6) is 0 Å². The molecule has 64 valence electrons. The highest BCUT2D eigenvalue weighted by Crippen LogP contribution is 2.05. The Morgan fingerprint density at radius 1 is 1.40 bits per heavy atom. The van der Waals surface area contributed by atoms with E-state index in [1.807, 2.05) is 13.8 Å². The van der Waals surface area contributed by atoms with Gasteiger partial charge in [0.2, 0.25) is 0 Å². The summed E-state index contributed by atoms with van der Waals surface area (Å²) in [5, 5.41) is 0. The van der Waals surface area contributed by atoms with Crippen LogP contribution in [0.15, 0.2) is 0 Å². The molecule has 0 aliphatic carbocycles. The summed E-state index contributed by atoms with van der Waals surface area (Å²) in [5.74, 6) is 1.64. The topological polar surface area (TPSA) is 43.1 Å². The van der Waals surface area contributed by atoms with Gasteiger partial charge in [0.1, 0.15) is 0 Å². The van der Waals surface area contributed by atoms with Gasteiger partial charge in [-0.15, -0.1) is 0 Å². The molecule has 0 aromatic heterocycles. The lowest BCUT2D eigenvalue weighted by molar-refractivity contribution is 0.597. The van der Waals surface area contributed by atoms with E-state index in [4.69, 9.17) is 5.73 Å². The molecule has 1 aliphatic rings. The zero-order valence-electron chi connectivity index (χ0n) is 6.80. The summed E-state index contributed by atoms with van der Waals surface area (Å²) >= 11 is 0. The van der Waals surface area contributed by atoms with Gasteiger partial charge in [0, 0.05) is 29.8 Å². The third-order valence-electron chi connectivity index (χ3n) is 1.43. The molecule has 1 aliphatic heterocycles. The molecular weight excluding hydrogens is 146 g/mol. The van der Waals surface area contributed by atoms with E-state index in [1.165, 1.54) is 0 Å². The Morgan fingerprint density at radius 2 is 1.80 bits per heavy atom. The quantitative estimate of drug-likeness (QED) is 0.584. The molecule has 0 bridgehead atoms. The molecule has 0 atom stereocenters. The highest BCUT2D eigenvalue weighted by atomic mass is 32.2. The first kappa shape index (κ1) is 10.1. The zero-order valence-corrected chi connectivity index (χ0v) is 7.62. The minimum atomic E-state index is -0.541. The average molecular weight is 165 g/mol. The van der Waals surface area contributed by atoms with Gasteiger partial charge in [0.15, 0.2) is 0 Å². The van der Waals surface area contributed by atoms with E-state index in [-0.39, 0.29) is 1.43 Å². The highest BCUT2D eigenvalue weighted by molar-refractivity contribution is 7.85. The van der Waals surface area contributed by atoms with E-state index in [1.54, 1.807) is 0 Å². The van der Waals surface area contributed by atoms with Crippen LogP contribution in [-0.2, 0) is 10.8 Å². The Bertz CT molecular complexity index is 101. The number of hydrogen-bond donors (Lipinski definition) is 1. The Balaban J connectivity index is 0. The second-order valence-corrected chi connectivity index (χ2v) is 3.88. The predicted octanol–water partition coefficient (Wildman–Crippen LogP) is 1.13. The molecule has 1 fully saturated rings. The molecule has 2 N–H and O–H groups in total. The van der Waals surface area contributed by atoms with Gasteiger partial charge in [-0.3, -0.25) is 4.21 Å². The summed E-state index contributed by atoms with van der Waals surface area (Å²) in [4.78, 5) is 0. The van der Waals surface area contributed by atoms with Crippen molar-refractivity contribution < 1.29 is 5.64 Å². The molecule has 0 spiro atoms. The van der Waals surface area contributed by atoms with E-state index in [2.05, 4.69) is 0 Å². The first-order valence-electron chi connectivity index (χ1n) is 3.89. The van der Waals surface area contributed by atoms with E-state index < -0.39 is 10.8 Å². The fourth-order valence-electron chi connectivity index (χ4n) is 0.812. The van der Waals surface area contributed by atoms with Crippen molar-refractivity contribution in [3.63, 3.8) is 0 Å². The standard InChI is InChI=1S/C5H11NOS.C2H6.H2/c6-5-1-3-8(7)4-2-5;1-2;/h5H,1-4,6H2;1-2H3;1H. The van der Waals surface area contributed by atoms with E-state index in [0.717, 1.165) is 24.3 Å². The summed E-state index contributed by atoms with van der Waals surface area (Å²) < 4.78 is 10.7. The van der Waals surface area contributed by atoms with Crippen LogP contribution >= 0.6 is 0 Å². The molecule has 0 radical (unpaired) electrons. The van der Waals surface area contributed by atoms with Crippen LogP contribution in [0.1, 0.15) is 28.1 Å². The molecule has 3 heteroatoms. The molecule has 1 heterocycles. The largest absolute Gasteiger partial charge is 0.328 e. The fraction of sp³-hybridized carbons (Fsp3) is 1.00. The Kier molecular flexibility index (Phi) is 5.93. The normalized spacial score (nSPS) is 32.3. The summed E-state index contributed by atoms with van der Waals surface area (Å²) in [7, 11) is -0.541. The van der Waals surface area contributed by atoms with Crippen LogP contribution in [0.2, 0.25) is 0 Å². The van der Waals surface area contributed by atoms with E-state index in [0.29, 0.717) is 6.04 Å². The van der Waals surface area contributed by atoms with Crippen LogP contribution in [-0.4, -0.2) is 21.8 Å². The minimum absolute atomic E-state index is 0. The maximum absolute atomic E-state index is 10.7. The van der Waals surface area contributed by atoms with Gasteiger partial charge in [-0.2, -0.15) is 0 Å². The smallest absolute Gasteiger partial charge is 0.0249 e. The number of rotatable bonds is 0. The van der Waals surface area contributed by atoms with Crippen molar-refractivity contribution in [3.05, 3.63) is 0 Å². The monoisotopic (exact) mass is 165 g/mol. The van der Waals surface area contributed by atoms with Crippen LogP contribution in [0.4, 0.5) is 0 Å². The summed E-state index contributed by atoms with van der Waals surface area (Å²) in [6.45, 7) is 4.00. The van der Waals surface area contributed by atoms with Crippen LogP contribution < -0.4 is 5.73 Å². The lowest BCUT2D eigenvalue weighted by Gasteiger charge is -2.15. The maximum Gasteiger partial charge on any atom is 0.0249 e. The summed E-state index contributed by atoms with van der Waals surface area (Å²) in [6.07, 6.45) is 1.90. The molecule has 0 saturated carbocycles. The molecule has 1 saturated heterocycles. The van der Waals surface area contributed by atoms with Crippen molar-refractivity contribution in [3.8, 4) is 0 Å². The fourth-order valence-corrected chi connectivity index (χ4v) is 2.15. The average Bonchev–Trinajstić information content (AvgIpc) is 2.00. The van der Waals surface area contributed by atoms with Crippen LogP contribution in [0, 0.1) is 0 Å². The Labute approximate surface area is 67.1 Å². The SMILES string of the molecule is CC.NC1CCS(=O)CC1.[HH]. The molecule has 0 aromatic carbocycles. The molecule has 2 nitrogen and oxygen atoms in total. The van der Waals surface area contributed by atoms with Gasteiger partial charge in [-0.05, 0) is 12.8 Å². The Hall–Kier alpha value is 0.110. The summed E-state index contributed by atoms with van der Waals surface area (Å²) in [6, 6.07) is 0.327. The van der Waals surface area contributed by atoms with Crippen LogP contribution in [0.25, 0.3) is 0 Å². The van der Waals surface area contributed by atoms with Crippen LogP contribution in [0.3, 0.4) is 0 Å². The van der Waals surface area contributed by atoms with E-state index in [9.17, 15) is 4.21 Å². The lowest BCUT2D eigenvalue weighted by atomic mass is 10.2. The van der Waals surface area contributed by atoms with Gasteiger partial charge in [0.05, 0.1) is 0 Å². The molecular formula is C7H19NOS. The van der Waals surface area contributed by atoms with E-state index >= 15 is 0 Å². The third kappa shape index (κ3) is 4.01. The van der Waals surface area contributed by atoms with Crippen molar-refractivity contribution in [2.75, 3.05) is 11.5 Å². The number of hydrogen-bond acceptors (Lipinski definition) is 2. The Morgan fingerprint density at radius 3 is 2.10 bits per heavy atom. The van der Waals surface area contributed by atoms with Crippen molar-refractivity contribution >= 4 is 10.8 Å². The first-order valence-corrected chi connectivity index (χ1v) is 5.38. The van der Waals surface area contributed by atoms with Crippen molar-refractivity contribution in [1.82, 2.24) is 0 Å². The van der Waals surface area contributed by atoms with Gasteiger partial charge in [-0.1, -0.05) is 13.8 Å². The van der Waals surface area contributed by atoms with Gasteiger partial charge < -0.3 is 5.73 Å². The summed E-state index contributed by atoms with van der Waals surface area (Å²) in [5.41, 5.74) is 5.56. The van der Waals surface area contributed by atoms with Crippen molar-refractivity contribution in [1.29, 1.82) is 0 Å². The second kappa shape index (κ2) is 5.86. The van der Waals surface area contributed by atoms with Crippen molar-refractivity contribution in [2.45, 2.75) is 32.7 Å². The molecule has 0 amide bonds. The molecule has 1 rings (SSSR count). The highest BCUT2D eigenvalue weighted by Gasteiger charge is 2.12. The first-order chi connectivity index (χ1) is 4.79. The molecule has 10 heavy (non-hydrogen) atoms. The molecule has 0 aromatic rings. The van der Waals surface area contributed by atoms with Crippen molar-refractivity contribution in [2.24, 2.45) is 5.73 Å². The maximum atomic E-state index is 10.7. The van der Waals surface area contributed by atoms with Gasteiger partial charge in [0.25, 0.3) is 0 Å². The second-order valence-electron chi connectivity index (χ2n) is 2.19. The minimum Gasteiger partial charge on any atom is -0.328 e. The molecule has 0 unspecified atom stereocenters. The van der Waals surface area contributed by atoms with Gasteiger partial charge >= 0.3 is 0 Å². The predicted molar refractivity (Wildman–Crippen MR) is 48.5 cm³/mol. The zero-order chi connectivity index (χ0) is 7.98. The third-order valence-corrected chi connectivity index (χ3v) is 2.81.